The molecule has 0 radical (unpaired) electrons. The van der Waals surface area contributed by atoms with E-state index >= 15 is 0 Å². The Bertz CT molecular complexity index is 1050. The summed E-state index contributed by atoms with van der Waals surface area (Å²) < 4.78 is 31.8. The van der Waals surface area contributed by atoms with Gasteiger partial charge in [0.1, 0.15) is 0 Å². The Morgan fingerprint density at radius 1 is 0.875 bits per heavy atom. The average molecular weight is 453 g/mol. The molecule has 0 atom stereocenters. The van der Waals surface area contributed by atoms with Crippen molar-refractivity contribution in [2.75, 3.05) is 20.3 Å². The summed E-state index contributed by atoms with van der Waals surface area (Å²) in [5.74, 6) is -0.108. The van der Waals surface area contributed by atoms with E-state index in [0.29, 0.717) is 19.6 Å². The van der Waals surface area contributed by atoms with Gasteiger partial charge in [-0.3, -0.25) is 4.79 Å². The zero-order chi connectivity index (χ0) is 22.8. The molecule has 3 aromatic rings. The molecule has 6 nitrogen and oxygen atoms in total. The number of rotatable bonds is 11. The van der Waals surface area contributed by atoms with Crippen molar-refractivity contribution in [3.63, 3.8) is 0 Å². The number of carbonyl (C=O) groups is 1. The lowest BCUT2D eigenvalue weighted by molar-refractivity contribution is -0.121. The Morgan fingerprint density at radius 3 is 1.97 bits per heavy atom. The van der Waals surface area contributed by atoms with Crippen LogP contribution in [0.25, 0.3) is 0 Å². The Balaban J connectivity index is 1.61. The van der Waals surface area contributed by atoms with Crippen LogP contribution in [0.15, 0.2) is 89.8 Å². The van der Waals surface area contributed by atoms with Crippen molar-refractivity contribution in [2.45, 2.75) is 23.8 Å². The zero-order valence-corrected chi connectivity index (χ0v) is 18.8. The highest BCUT2D eigenvalue weighted by Crippen LogP contribution is 2.27. The largest absolute Gasteiger partial charge is 0.383 e. The maximum atomic E-state index is 12.7. The molecule has 3 rings (SSSR count). The fraction of sp³-hybridized carbons (Fsp3) is 0.240. The topological polar surface area (TPSA) is 84.5 Å². The first-order valence-electron chi connectivity index (χ1n) is 10.4. The van der Waals surface area contributed by atoms with E-state index in [1.165, 1.54) is 19.2 Å². The summed E-state index contributed by atoms with van der Waals surface area (Å²) in [6, 6.07) is 26.4. The van der Waals surface area contributed by atoms with Crippen LogP contribution in [0.4, 0.5) is 0 Å². The lowest BCUT2D eigenvalue weighted by Gasteiger charge is -2.18. The number of ether oxygens (including phenoxy) is 1. The maximum Gasteiger partial charge on any atom is 0.240 e. The fourth-order valence-corrected chi connectivity index (χ4v) is 4.42. The van der Waals surface area contributed by atoms with Crippen molar-refractivity contribution < 1.29 is 17.9 Å². The number of amides is 1. The predicted molar refractivity (Wildman–Crippen MR) is 125 cm³/mol. The number of nitrogens with one attached hydrogen (secondary N) is 2. The summed E-state index contributed by atoms with van der Waals surface area (Å²) in [4.78, 5) is 12.9. The van der Waals surface area contributed by atoms with Gasteiger partial charge in [0, 0.05) is 32.5 Å². The number of sulfonamides is 1. The van der Waals surface area contributed by atoms with E-state index in [0.717, 1.165) is 16.7 Å². The van der Waals surface area contributed by atoms with Crippen LogP contribution >= 0.6 is 0 Å². The minimum absolute atomic E-state index is 0.0388. The molecular weight excluding hydrogens is 424 g/mol. The second-order valence-electron chi connectivity index (χ2n) is 7.39. The van der Waals surface area contributed by atoms with E-state index in [9.17, 15) is 13.2 Å². The fourth-order valence-electron chi connectivity index (χ4n) is 3.40. The molecule has 0 spiro atoms. The average Bonchev–Trinajstić information content (AvgIpc) is 2.83. The molecule has 0 bridgehead atoms. The molecule has 0 saturated carbocycles. The minimum atomic E-state index is -3.58. The molecular formula is C25H28N2O4S. The second-order valence-corrected chi connectivity index (χ2v) is 9.16. The lowest BCUT2D eigenvalue weighted by atomic mass is 9.88. The lowest BCUT2D eigenvalue weighted by Crippen LogP contribution is -2.27. The zero-order valence-electron chi connectivity index (χ0n) is 18.0. The Labute approximate surface area is 189 Å². The van der Waals surface area contributed by atoms with Crippen molar-refractivity contribution in [2.24, 2.45) is 0 Å². The van der Waals surface area contributed by atoms with Crippen molar-refractivity contribution in [3.8, 4) is 0 Å². The van der Waals surface area contributed by atoms with Gasteiger partial charge in [-0.1, -0.05) is 72.8 Å². The quantitative estimate of drug-likeness (QED) is 0.437. The molecule has 0 heterocycles. The van der Waals surface area contributed by atoms with Gasteiger partial charge >= 0.3 is 0 Å². The first kappa shape index (κ1) is 23.7. The molecule has 0 unspecified atom stereocenters. The number of benzene rings is 3. The van der Waals surface area contributed by atoms with Crippen molar-refractivity contribution in [3.05, 3.63) is 102 Å². The number of hydrogen-bond donors (Lipinski definition) is 2. The Hall–Kier alpha value is -3.00. The molecule has 0 aromatic heterocycles. The third-order valence-corrected chi connectivity index (χ3v) is 6.59. The molecule has 3 aromatic carbocycles. The van der Waals surface area contributed by atoms with Gasteiger partial charge in [-0.05, 0) is 28.8 Å². The minimum Gasteiger partial charge on any atom is -0.383 e. The van der Waals surface area contributed by atoms with Gasteiger partial charge < -0.3 is 10.1 Å². The maximum absolute atomic E-state index is 12.7. The van der Waals surface area contributed by atoms with Crippen LogP contribution in [0.2, 0.25) is 0 Å². The number of carbonyl (C=O) groups excluding carboxylic acids is 1. The standard InChI is InChI=1S/C25H28N2O4S/c1-31-17-16-27-32(29,30)23-14-12-20(13-15-23)19-26-25(28)18-24(21-8-4-2-5-9-21)22-10-6-3-7-11-22/h2-15,24,27H,16-19H2,1H3,(H,26,28). The molecule has 2 N–H and O–H groups in total. The van der Waals surface area contributed by atoms with Gasteiger partial charge in [-0.25, -0.2) is 13.1 Å². The van der Waals surface area contributed by atoms with Crippen molar-refractivity contribution in [1.82, 2.24) is 10.0 Å². The van der Waals surface area contributed by atoms with E-state index in [-0.39, 0.29) is 23.3 Å². The van der Waals surface area contributed by atoms with Gasteiger partial charge in [0.25, 0.3) is 0 Å². The van der Waals surface area contributed by atoms with Crippen LogP contribution in [-0.4, -0.2) is 34.6 Å². The highest BCUT2D eigenvalue weighted by atomic mass is 32.2. The highest BCUT2D eigenvalue weighted by Gasteiger charge is 2.18. The number of hydrogen-bond acceptors (Lipinski definition) is 4. The summed E-state index contributed by atoms with van der Waals surface area (Å²) in [6.07, 6.45) is 0.323. The summed E-state index contributed by atoms with van der Waals surface area (Å²) in [7, 11) is -2.06. The summed E-state index contributed by atoms with van der Waals surface area (Å²) >= 11 is 0. The SMILES string of the molecule is COCCNS(=O)(=O)c1ccc(CNC(=O)CC(c2ccccc2)c2ccccc2)cc1. The molecule has 168 valence electrons. The molecule has 0 aliphatic carbocycles. The van der Waals surface area contributed by atoms with Gasteiger partial charge in [0.15, 0.2) is 0 Å². The van der Waals surface area contributed by atoms with Gasteiger partial charge in [0.2, 0.25) is 15.9 Å². The van der Waals surface area contributed by atoms with Crippen LogP contribution in [-0.2, 0) is 26.1 Å². The predicted octanol–water partition coefficient (Wildman–Crippen LogP) is 3.45. The van der Waals surface area contributed by atoms with E-state index in [1.807, 2.05) is 60.7 Å². The molecule has 0 aliphatic heterocycles. The normalized spacial score (nSPS) is 11.4. The number of methoxy groups -OCH3 is 1. The molecule has 0 saturated heterocycles. The van der Waals surface area contributed by atoms with Gasteiger partial charge in [-0.2, -0.15) is 0 Å². The second kappa shape index (κ2) is 11.6. The highest BCUT2D eigenvalue weighted by molar-refractivity contribution is 7.89. The third-order valence-electron chi connectivity index (χ3n) is 5.12. The van der Waals surface area contributed by atoms with Crippen LogP contribution in [0.3, 0.4) is 0 Å². The summed E-state index contributed by atoms with van der Waals surface area (Å²) in [6.45, 7) is 0.837. The monoisotopic (exact) mass is 452 g/mol. The van der Waals surface area contributed by atoms with Crippen molar-refractivity contribution >= 4 is 15.9 Å². The van der Waals surface area contributed by atoms with E-state index in [2.05, 4.69) is 10.0 Å². The first-order chi connectivity index (χ1) is 15.5. The van der Waals surface area contributed by atoms with Gasteiger partial charge in [-0.15, -0.1) is 0 Å². The van der Waals surface area contributed by atoms with Crippen LogP contribution in [0.1, 0.15) is 29.0 Å². The summed E-state index contributed by atoms with van der Waals surface area (Å²) in [5.41, 5.74) is 3.00. The van der Waals surface area contributed by atoms with Crippen molar-refractivity contribution in [1.29, 1.82) is 0 Å². The molecule has 0 fully saturated rings. The molecule has 1 amide bonds. The molecule has 7 heteroatoms. The first-order valence-corrected chi connectivity index (χ1v) is 11.9. The van der Waals surface area contributed by atoms with E-state index in [4.69, 9.17) is 4.74 Å². The Kier molecular flexibility index (Phi) is 8.56. The molecule has 32 heavy (non-hydrogen) atoms. The van der Waals surface area contributed by atoms with E-state index < -0.39 is 10.0 Å². The molecule has 0 aliphatic rings. The van der Waals surface area contributed by atoms with Crippen LogP contribution in [0, 0.1) is 0 Å². The van der Waals surface area contributed by atoms with Crippen LogP contribution < -0.4 is 10.0 Å². The Morgan fingerprint density at radius 2 is 1.44 bits per heavy atom. The van der Waals surface area contributed by atoms with Crippen LogP contribution in [0.5, 0.6) is 0 Å². The summed E-state index contributed by atoms with van der Waals surface area (Å²) in [5, 5.41) is 2.95. The smallest absolute Gasteiger partial charge is 0.240 e. The third kappa shape index (κ3) is 6.75. The van der Waals surface area contributed by atoms with E-state index in [1.54, 1.807) is 12.1 Å². The van der Waals surface area contributed by atoms with Gasteiger partial charge in [0.05, 0.1) is 11.5 Å².